The third-order valence-corrected chi connectivity index (χ3v) is 4.12. The van der Waals surface area contributed by atoms with Crippen LogP contribution in [0.2, 0.25) is 0 Å². The largest absolute Gasteiger partial charge is 0.331 e. The summed E-state index contributed by atoms with van der Waals surface area (Å²) in [6.07, 6.45) is 5.33. The molecule has 0 aromatic carbocycles. The summed E-state index contributed by atoms with van der Waals surface area (Å²) in [7, 11) is 0. The molecule has 0 spiro atoms. The predicted molar refractivity (Wildman–Crippen MR) is 79.3 cm³/mol. The van der Waals surface area contributed by atoms with Crippen molar-refractivity contribution in [1.29, 1.82) is 0 Å². The van der Waals surface area contributed by atoms with Crippen LogP contribution >= 0.6 is 11.3 Å². The number of pyridine rings is 1. The topological polar surface area (TPSA) is 71.2 Å². The number of anilines is 1. The van der Waals surface area contributed by atoms with Gasteiger partial charge in [0.05, 0.1) is 11.3 Å². The monoisotopic (exact) mass is 288 g/mol. The fourth-order valence-electron chi connectivity index (χ4n) is 2.18. The number of carbonyl (C=O) groups excluding carboxylic acids is 1. The van der Waals surface area contributed by atoms with Crippen LogP contribution in [0.3, 0.4) is 0 Å². The molecular weight excluding hydrogens is 272 g/mol. The van der Waals surface area contributed by atoms with Crippen molar-refractivity contribution in [1.82, 2.24) is 9.88 Å². The first-order valence-corrected chi connectivity index (χ1v) is 7.46. The van der Waals surface area contributed by atoms with Gasteiger partial charge in [-0.1, -0.05) is 0 Å². The molecular formula is C14H16N4OS. The zero-order valence-corrected chi connectivity index (χ0v) is 11.8. The van der Waals surface area contributed by atoms with E-state index < -0.39 is 0 Å². The molecule has 0 atom stereocenters. The molecule has 2 aromatic rings. The summed E-state index contributed by atoms with van der Waals surface area (Å²) in [4.78, 5) is 18.7. The summed E-state index contributed by atoms with van der Waals surface area (Å²) in [5.41, 5.74) is 4.87. The van der Waals surface area contributed by atoms with Crippen LogP contribution in [-0.2, 0) is 6.54 Å². The summed E-state index contributed by atoms with van der Waals surface area (Å²) in [5, 5.41) is 4.11. The summed E-state index contributed by atoms with van der Waals surface area (Å²) in [6.45, 7) is 0.645. The van der Waals surface area contributed by atoms with Crippen LogP contribution < -0.4 is 11.3 Å². The number of nitrogen functional groups attached to an aromatic ring is 1. The van der Waals surface area contributed by atoms with Gasteiger partial charge in [0.2, 0.25) is 0 Å². The minimum absolute atomic E-state index is 0.0141. The molecule has 1 aliphatic carbocycles. The van der Waals surface area contributed by atoms with Gasteiger partial charge in [-0.25, -0.2) is 0 Å². The van der Waals surface area contributed by atoms with Crippen molar-refractivity contribution in [2.75, 3.05) is 5.43 Å². The minimum atomic E-state index is -0.0141. The molecule has 2 heterocycles. The van der Waals surface area contributed by atoms with E-state index >= 15 is 0 Å². The second-order valence-electron chi connectivity index (χ2n) is 4.86. The maximum absolute atomic E-state index is 12.7. The van der Waals surface area contributed by atoms with E-state index in [4.69, 9.17) is 5.84 Å². The fraction of sp³-hybridized carbons (Fsp3) is 0.286. The SMILES string of the molecule is NNc1ccncc1C(=O)N(Cc1ccsc1)C1CC1. The van der Waals surface area contributed by atoms with E-state index in [0.717, 1.165) is 12.8 Å². The Morgan fingerprint density at radius 3 is 3.00 bits per heavy atom. The zero-order chi connectivity index (χ0) is 13.9. The molecule has 104 valence electrons. The van der Waals surface area contributed by atoms with E-state index in [1.54, 1.807) is 29.8 Å². The molecule has 6 heteroatoms. The molecule has 0 radical (unpaired) electrons. The molecule has 3 rings (SSSR count). The number of nitrogens with one attached hydrogen (secondary N) is 1. The highest BCUT2D eigenvalue weighted by Crippen LogP contribution is 2.31. The molecule has 0 saturated heterocycles. The lowest BCUT2D eigenvalue weighted by Crippen LogP contribution is -2.33. The van der Waals surface area contributed by atoms with Gasteiger partial charge in [0.15, 0.2) is 0 Å². The van der Waals surface area contributed by atoms with Crippen molar-refractivity contribution in [2.45, 2.75) is 25.4 Å². The third kappa shape index (κ3) is 2.66. The molecule has 5 nitrogen and oxygen atoms in total. The molecule has 1 fully saturated rings. The lowest BCUT2D eigenvalue weighted by atomic mass is 10.2. The highest BCUT2D eigenvalue weighted by atomic mass is 32.1. The maximum atomic E-state index is 12.7. The lowest BCUT2D eigenvalue weighted by Gasteiger charge is -2.23. The van der Waals surface area contributed by atoms with Crippen LogP contribution in [0, 0.1) is 0 Å². The number of hydrogen-bond acceptors (Lipinski definition) is 5. The number of aromatic nitrogens is 1. The van der Waals surface area contributed by atoms with Crippen molar-refractivity contribution >= 4 is 22.9 Å². The minimum Gasteiger partial charge on any atom is -0.331 e. The molecule has 1 saturated carbocycles. The van der Waals surface area contributed by atoms with Crippen molar-refractivity contribution in [2.24, 2.45) is 5.84 Å². The Kier molecular flexibility index (Phi) is 3.66. The summed E-state index contributed by atoms with van der Waals surface area (Å²) >= 11 is 1.65. The van der Waals surface area contributed by atoms with Gasteiger partial charge in [-0.3, -0.25) is 15.6 Å². The smallest absolute Gasteiger partial charge is 0.258 e. The first kappa shape index (κ1) is 13.1. The second-order valence-corrected chi connectivity index (χ2v) is 5.64. The molecule has 20 heavy (non-hydrogen) atoms. The summed E-state index contributed by atoms with van der Waals surface area (Å²) < 4.78 is 0. The van der Waals surface area contributed by atoms with Crippen molar-refractivity contribution in [3.05, 3.63) is 46.4 Å². The normalized spacial score (nSPS) is 14.1. The van der Waals surface area contributed by atoms with E-state index in [1.165, 1.54) is 5.56 Å². The van der Waals surface area contributed by atoms with Crippen LogP contribution in [0.25, 0.3) is 0 Å². The first-order valence-electron chi connectivity index (χ1n) is 6.52. The van der Waals surface area contributed by atoms with Gasteiger partial charge in [-0.15, -0.1) is 0 Å². The Hall–Kier alpha value is -1.92. The van der Waals surface area contributed by atoms with E-state index in [1.807, 2.05) is 10.3 Å². The highest BCUT2D eigenvalue weighted by Gasteiger charge is 2.34. The Labute approximate surface area is 121 Å². The highest BCUT2D eigenvalue weighted by molar-refractivity contribution is 7.07. The van der Waals surface area contributed by atoms with Crippen LogP contribution in [0.15, 0.2) is 35.3 Å². The van der Waals surface area contributed by atoms with Gasteiger partial charge >= 0.3 is 0 Å². The van der Waals surface area contributed by atoms with Gasteiger partial charge < -0.3 is 10.3 Å². The van der Waals surface area contributed by atoms with Crippen LogP contribution in [0.4, 0.5) is 5.69 Å². The van der Waals surface area contributed by atoms with E-state index in [0.29, 0.717) is 23.8 Å². The number of hydrazine groups is 1. The summed E-state index contributed by atoms with van der Waals surface area (Å²) in [5.74, 6) is 5.46. The van der Waals surface area contributed by atoms with Gasteiger partial charge in [-0.2, -0.15) is 11.3 Å². The van der Waals surface area contributed by atoms with Gasteiger partial charge in [-0.05, 0) is 41.3 Å². The Morgan fingerprint density at radius 1 is 1.50 bits per heavy atom. The average molecular weight is 288 g/mol. The average Bonchev–Trinajstić information content (AvgIpc) is 3.20. The molecule has 1 amide bonds. The second kappa shape index (κ2) is 5.60. The Morgan fingerprint density at radius 2 is 2.35 bits per heavy atom. The first-order chi connectivity index (χ1) is 9.79. The number of nitrogens with zero attached hydrogens (tertiary/aromatic N) is 2. The maximum Gasteiger partial charge on any atom is 0.258 e. The standard InChI is InChI=1S/C14H16N4OS/c15-17-13-3-5-16-7-12(13)14(19)18(11-1-2-11)8-10-4-6-20-9-10/h3-7,9,11H,1-2,8,15H2,(H,16,17). The quantitative estimate of drug-likeness (QED) is 0.654. The molecule has 0 bridgehead atoms. The number of hydrogen-bond donors (Lipinski definition) is 2. The number of amides is 1. The zero-order valence-electron chi connectivity index (χ0n) is 11.0. The number of rotatable bonds is 5. The number of carbonyl (C=O) groups is 1. The van der Waals surface area contributed by atoms with Crippen molar-refractivity contribution < 1.29 is 4.79 Å². The third-order valence-electron chi connectivity index (χ3n) is 3.39. The van der Waals surface area contributed by atoms with Crippen LogP contribution in [-0.4, -0.2) is 21.8 Å². The van der Waals surface area contributed by atoms with E-state index in [2.05, 4.69) is 21.9 Å². The van der Waals surface area contributed by atoms with Crippen molar-refractivity contribution in [3.8, 4) is 0 Å². The predicted octanol–water partition coefficient (Wildman–Crippen LogP) is 2.23. The molecule has 3 N–H and O–H groups in total. The van der Waals surface area contributed by atoms with Gasteiger partial charge in [0.25, 0.3) is 5.91 Å². The van der Waals surface area contributed by atoms with Crippen LogP contribution in [0.5, 0.6) is 0 Å². The molecule has 2 aromatic heterocycles. The van der Waals surface area contributed by atoms with Gasteiger partial charge in [0, 0.05) is 25.0 Å². The fourth-order valence-corrected chi connectivity index (χ4v) is 2.84. The van der Waals surface area contributed by atoms with Gasteiger partial charge in [0.1, 0.15) is 0 Å². The van der Waals surface area contributed by atoms with E-state index in [9.17, 15) is 4.79 Å². The Bertz CT molecular complexity index is 595. The Balaban J connectivity index is 1.85. The lowest BCUT2D eigenvalue weighted by molar-refractivity contribution is 0.0730. The van der Waals surface area contributed by atoms with E-state index in [-0.39, 0.29) is 5.91 Å². The number of thiophene rings is 1. The summed E-state index contributed by atoms with van der Waals surface area (Å²) in [6, 6.07) is 4.11. The molecule has 1 aliphatic rings. The van der Waals surface area contributed by atoms with Crippen LogP contribution in [0.1, 0.15) is 28.8 Å². The number of nitrogens with two attached hydrogens (primary N) is 1. The van der Waals surface area contributed by atoms with Crippen molar-refractivity contribution in [3.63, 3.8) is 0 Å². The molecule has 0 unspecified atom stereocenters. The molecule has 0 aliphatic heterocycles.